The Morgan fingerprint density at radius 3 is 0.818 bits per heavy atom. The van der Waals surface area contributed by atoms with Gasteiger partial charge in [-0.25, -0.2) is 0 Å². The van der Waals surface area contributed by atoms with Gasteiger partial charge in [0, 0.05) is 21.7 Å². The molecule has 0 aliphatic rings. The van der Waals surface area contributed by atoms with Crippen LogP contribution in [0, 0.1) is 23.7 Å². The zero-order chi connectivity index (χ0) is 8.31. The van der Waals surface area contributed by atoms with Crippen LogP contribution in [0.5, 0.6) is 0 Å². The Morgan fingerprint density at radius 1 is 0.636 bits per heavy atom. The van der Waals surface area contributed by atoms with Crippen LogP contribution in [0.25, 0.3) is 0 Å². The molecule has 0 aromatic carbocycles. The molecule has 0 rings (SSSR count). The molecule has 0 aliphatic carbocycles. The third-order valence-electron chi connectivity index (χ3n) is 2.00. The average Bonchev–Trinajstić information content (AvgIpc) is 1.59. The first-order chi connectivity index (χ1) is 4.46. The van der Waals surface area contributed by atoms with Crippen molar-refractivity contribution in [1.82, 2.24) is 0 Å². The van der Waals surface area contributed by atoms with Gasteiger partial charge < -0.3 is 0 Å². The van der Waals surface area contributed by atoms with Crippen molar-refractivity contribution in [3.8, 4) is 0 Å². The third kappa shape index (κ3) is 5.03. The summed E-state index contributed by atoms with van der Waals surface area (Å²) >= 11 is 0. The SMILES string of the molecule is CC(C)[C](C(C)C)C(C)C.[Ti]. The first kappa shape index (κ1) is 14.3. The maximum Gasteiger partial charge on any atom is 0 e. The zero-order valence-electron chi connectivity index (χ0n) is 8.73. The first-order valence-corrected chi connectivity index (χ1v) is 4.33. The maximum atomic E-state index is 2.29. The van der Waals surface area contributed by atoms with E-state index >= 15 is 0 Å². The van der Waals surface area contributed by atoms with Crippen molar-refractivity contribution in [1.29, 1.82) is 0 Å². The molecule has 1 heteroatoms. The van der Waals surface area contributed by atoms with Crippen molar-refractivity contribution < 1.29 is 21.7 Å². The number of hydrogen-bond acceptors (Lipinski definition) is 0. The van der Waals surface area contributed by atoms with E-state index in [4.69, 9.17) is 0 Å². The molecule has 0 fully saturated rings. The molecule has 0 spiro atoms. The molecule has 0 bridgehead atoms. The second kappa shape index (κ2) is 6.25. The topological polar surface area (TPSA) is 0 Å². The van der Waals surface area contributed by atoms with Crippen LogP contribution in [0.1, 0.15) is 41.5 Å². The van der Waals surface area contributed by atoms with Crippen molar-refractivity contribution in [2.45, 2.75) is 41.5 Å². The molecule has 1 radical (unpaired) electrons. The summed E-state index contributed by atoms with van der Waals surface area (Å²) in [4.78, 5) is 0. The van der Waals surface area contributed by atoms with Gasteiger partial charge in [0.1, 0.15) is 0 Å². The Kier molecular flexibility index (Phi) is 8.10. The minimum absolute atomic E-state index is 0. The van der Waals surface area contributed by atoms with Gasteiger partial charge in [-0.3, -0.25) is 0 Å². The van der Waals surface area contributed by atoms with E-state index in [0.717, 1.165) is 17.8 Å². The van der Waals surface area contributed by atoms with Crippen LogP contribution in [0.3, 0.4) is 0 Å². The van der Waals surface area contributed by atoms with Gasteiger partial charge in [-0.05, 0) is 23.7 Å². The van der Waals surface area contributed by atoms with Crippen LogP contribution in [-0.4, -0.2) is 0 Å². The van der Waals surface area contributed by atoms with Gasteiger partial charge in [-0.1, -0.05) is 41.5 Å². The molecule has 0 aromatic rings. The van der Waals surface area contributed by atoms with Gasteiger partial charge in [0.25, 0.3) is 0 Å². The van der Waals surface area contributed by atoms with E-state index in [-0.39, 0.29) is 21.7 Å². The molecule has 0 saturated heterocycles. The summed E-state index contributed by atoms with van der Waals surface area (Å²) in [6.07, 6.45) is 0. The van der Waals surface area contributed by atoms with Gasteiger partial charge in [0.05, 0.1) is 0 Å². The van der Waals surface area contributed by atoms with Crippen LogP contribution in [0.2, 0.25) is 0 Å². The van der Waals surface area contributed by atoms with E-state index in [2.05, 4.69) is 41.5 Å². The van der Waals surface area contributed by atoms with E-state index in [1.807, 2.05) is 0 Å². The monoisotopic (exact) mass is 189 g/mol. The van der Waals surface area contributed by atoms with Gasteiger partial charge >= 0.3 is 0 Å². The molecular weight excluding hydrogens is 168 g/mol. The molecule has 0 unspecified atom stereocenters. The van der Waals surface area contributed by atoms with Crippen LogP contribution >= 0.6 is 0 Å². The van der Waals surface area contributed by atoms with Crippen LogP contribution in [0.15, 0.2) is 0 Å². The molecule has 0 saturated carbocycles. The van der Waals surface area contributed by atoms with Crippen LogP contribution in [-0.2, 0) is 21.7 Å². The molecule has 0 heterocycles. The summed E-state index contributed by atoms with van der Waals surface area (Å²) in [5, 5.41) is 0. The number of rotatable bonds is 3. The summed E-state index contributed by atoms with van der Waals surface area (Å²) in [6, 6.07) is 0. The Hall–Kier alpha value is 0.714. The zero-order valence-corrected chi connectivity index (χ0v) is 10.3. The summed E-state index contributed by atoms with van der Waals surface area (Å²) < 4.78 is 0. The van der Waals surface area contributed by atoms with Crippen molar-refractivity contribution in [2.24, 2.45) is 17.8 Å². The fraction of sp³-hybridized carbons (Fsp3) is 0.900. The predicted molar refractivity (Wildman–Crippen MR) is 47.8 cm³/mol. The van der Waals surface area contributed by atoms with Gasteiger partial charge in [0.2, 0.25) is 0 Å². The largest absolute Gasteiger partial charge is 0.0622 e. The maximum absolute atomic E-state index is 2.29. The Morgan fingerprint density at radius 2 is 0.818 bits per heavy atom. The van der Waals surface area contributed by atoms with Crippen LogP contribution < -0.4 is 0 Å². The average molecular weight is 189 g/mol. The minimum Gasteiger partial charge on any atom is -0.0622 e. The standard InChI is InChI=1S/C10H21.Ti/c1-7(2)10(8(3)4)9(5)6;/h7-9H,1-6H3;. The van der Waals surface area contributed by atoms with Crippen molar-refractivity contribution >= 4 is 0 Å². The van der Waals surface area contributed by atoms with Crippen molar-refractivity contribution in [2.75, 3.05) is 0 Å². The second-order valence-corrected chi connectivity index (χ2v) is 3.96. The van der Waals surface area contributed by atoms with Crippen molar-refractivity contribution in [3.05, 3.63) is 5.92 Å². The van der Waals surface area contributed by atoms with E-state index in [1.54, 1.807) is 5.92 Å². The fourth-order valence-corrected chi connectivity index (χ4v) is 2.00. The van der Waals surface area contributed by atoms with E-state index in [0.29, 0.717) is 0 Å². The summed E-state index contributed by atoms with van der Waals surface area (Å²) in [7, 11) is 0. The quantitative estimate of drug-likeness (QED) is 0.596. The van der Waals surface area contributed by atoms with Gasteiger partial charge in [-0.2, -0.15) is 0 Å². The third-order valence-corrected chi connectivity index (χ3v) is 2.00. The molecular formula is C10H21Ti. The molecule has 0 nitrogen and oxygen atoms in total. The van der Waals surface area contributed by atoms with Gasteiger partial charge in [-0.15, -0.1) is 0 Å². The normalized spacial score (nSPS) is 11.5. The molecule has 0 N–H and O–H groups in total. The Bertz CT molecular complexity index is 65.9. The van der Waals surface area contributed by atoms with E-state index in [9.17, 15) is 0 Å². The summed E-state index contributed by atoms with van der Waals surface area (Å²) in [5.41, 5.74) is 0. The molecule has 11 heavy (non-hydrogen) atoms. The minimum atomic E-state index is 0. The molecule has 65 valence electrons. The molecule has 0 amide bonds. The summed E-state index contributed by atoms with van der Waals surface area (Å²) in [6.45, 7) is 13.7. The molecule has 0 atom stereocenters. The first-order valence-electron chi connectivity index (χ1n) is 4.33. The number of hydrogen-bond donors (Lipinski definition) is 0. The molecule has 0 aliphatic heterocycles. The van der Waals surface area contributed by atoms with Crippen LogP contribution in [0.4, 0.5) is 0 Å². The molecule has 0 aromatic heterocycles. The smallest absolute Gasteiger partial charge is 0 e. The van der Waals surface area contributed by atoms with E-state index in [1.165, 1.54) is 0 Å². The predicted octanol–water partition coefficient (Wildman–Crippen LogP) is 3.53. The van der Waals surface area contributed by atoms with Crippen molar-refractivity contribution in [3.63, 3.8) is 0 Å². The Labute approximate surface area is 87.0 Å². The van der Waals surface area contributed by atoms with Gasteiger partial charge in [0.15, 0.2) is 0 Å². The van der Waals surface area contributed by atoms with E-state index < -0.39 is 0 Å². The summed E-state index contributed by atoms with van der Waals surface area (Å²) in [5.74, 6) is 3.94. The second-order valence-electron chi connectivity index (χ2n) is 3.96. The Balaban J connectivity index is 0. The fourth-order valence-electron chi connectivity index (χ4n) is 2.00.